The van der Waals surface area contributed by atoms with Gasteiger partial charge in [-0.3, -0.25) is 0 Å². The number of carboxylic acids is 1. The Bertz CT molecular complexity index is 710. The van der Waals surface area contributed by atoms with E-state index < -0.39 is 17.7 Å². The molecule has 0 aromatic heterocycles. The summed E-state index contributed by atoms with van der Waals surface area (Å²) in [5.41, 5.74) is -0.295. The molecule has 2 nitrogen and oxygen atoms in total. The molecule has 23 heavy (non-hydrogen) atoms. The van der Waals surface area contributed by atoms with Crippen LogP contribution in [0.5, 0.6) is 0 Å². The average Bonchev–Trinajstić information content (AvgIpc) is 2.51. The van der Waals surface area contributed by atoms with E-state index in [1.807, 2.05) is 42.5 Å². The molecule has 0 amide bonds. The van der Waals surface area contributed by atoms with Gasteiger partial charge in [-0.15, -0.1) is 11.8 Å². The number of benzene rings is 2. The first-order valence-corrected chi connectivity index (χ1v) is 7.65. The van der Waals surface area contributed by atoms with E-state index in [0.717, 1.165) is 11.6 Å². The monoisotopic (exact) mass is 338 g/mol. The second-order valence-electron chi connectivity index (χ2n) is 4.64. The third-order valence-corrected chi connectivity index (χ3v) is 4.01. The van der Waals surface area contributed by atoms with Gasteiger partial charge in [0.25, 0.3) is 0 Å². The highest BCUT2D eigenvalue weighted by atomic mass is 32.2. The van der Waals surface area contributed by atoms with E-state index in [9.17, 15) is 18.0 Å². The Morgan fingerprint density at radius 1 is 1.13 bits per heavy atom. The first kappa shape index (κ1) is 17.1. The van der Waals surface area contributed by atoms with Crippen molar-refractivity contribution in [1.29, 1.82) is 0 Å². The summed E-state index contributed by atoms with van der Waals surface area (Å²) in [6, 6.07) is 12.3. The lowest BCUT2D eigenvalue weighted by atomic mass is 10.1. The lowest BCUT2D eigenvalue weighted by Crippen LogP contribution is -2.08. The standard InChI is InChI=1S/C17H13F3O2S/c18-17(19,20)13-8-9-15(14(11-13)16(21)22)23-10-4-7-12-5-2-1-3-6-12/h1-9,11H,10H2,(H,21,22). The van der Waals surface area contributed by atoms with Gasteiger partial charge in [0.15, 0.2) is 0 Å². The summed E-state index contributed by atoms with van der Waals surface area (Å²) in [4.78, 5) is 11.5. The summed E-state index contributed by atoms with van der Waals surface area (Å²) in [6.07, 6.45) is -0.846. The zero-order valence-electron chi connectivity index (χ0n) is 11.9. The largest absolute Gasteiger partial charge is 0.478 e. The van der Waals surface area contributed by atoms with Gasteiger partial charge in [-0.25, -0.2) is 4.79 Å². The molecule has 0 bridgehead atoms. The van der Waals surface area contributed by atoms with E-state index in [2.05, 4.69) is 0 Å². The predicted molar refractivity (Wildman–Crippen MR) is 84.6 cm³/mol. The number of carbonyl (C=O) groups is 1. The van der Waals surface area contributed by atoms with Gasteiger partial charge in [0.05, 0.1) is 11.1 Å². The minimum atomic E-state index is -4.55. The summed E-state index contributed by atoms with van der Waals surface area (Å²) < 4.78 is 37.9. The van der Waals surface area contributed by atoms with Gasteiger partial charge in [0.2, 0.25) is 0 Å². The Kier molecular flexibility index (Phi) is 5.50. The smallest absolute Gasteiger partial charge is 0.416 e. The quantitative estimate of drug-likeness (QED) is 0.761. The third-order valence-electron chi connectivity index (χ3n) is 2.98. The van der Waals surface area contributed by atoms with E-state index in [4.69, 9.17) is 5.11 Å². The lowest BCUT2D eigenvalue weighted by Gasteiger charge is -2.10. The van der Waals surface area contributed by atoms with Crippen LogP contribution in [0.4, 0.5) is 13.2 Å². The van der Waals surface area contributed by atoms with Gasteiger partial charge >= 0.3 is 12.1 Å². The van der Waals surface area contributed by atoms with Crippen molar-refractivity contribution < 1.29 is 23.1 Å². The van der Waals surface area contributed by atoms with Crippen LogP contribution in [0.25, 0.3) is 6.08 Å². The van der Waals surface area contributed by atoms with E-state index in [1.54, 1.807) is 0 Å². The Labute approximate surface area is 135 Å². The van der Waals surface area contributed by atoms with Gasteiger partial charge < -0.3 is 5.11 Å². The molecule has 0 saturated heterocycles. The van der Waals surface area contributed by atoms with Crippen molar-refractivity contribution in [1.82, 2.24) is 0 Å². The van der Waals surface area contributed by atoms with Crippen LogP contribution in [0.2, 0.25) is 0 Å². The summed E-state index contributed by atoms with van der Waals surface area (Å²) in [7, 11) is 0. The first-order valence-electron chi connectivity index (χ1n) is 6.67. The number of hydrogen-bond donors (Lipinski definition) is 1. The average molecular weight is 338 g/mol. The fraction of sp³-hybridized carbons (Fsp3) is 0.118. The van der Waals surface area contributed by atoms with Crippen LogP contribution in [0.15, 0.2) is 59.5 Å². The molecule has 0 aliphatic rings. The van der Waals surface area contributed by atoms with Crippen molar-refractivity contribution in [2.45, 2.75) is 11.1 Å². The molecule has 0 unspecified atom stereocenters. The first-order chi connectivity index (χ1) is 10.9. The van der Waals surface area contributed by atoms with Crippen molar-refractivity contribution in [2.75, 3.05) is 5.75 Å². The maximum atomic E-state index is 12.6. The van der Waals surface area contributed by atoms with Gasteiger partial charge in [-0.1, -0.05) is 42.5 Å². The highest BCUT2D eigenvalue weighted by molar-refractivity contribution is 7.99. The summed E-state index contributed by atoms with van der Waals surface area (Å²) in [5, 5.41) is 9.09. The number of thioether (sulfide) groups is 1. The molecule has 0 atom stereocenters. The second-order valence-corrected chi connectivity index (χ2v) is 5.70. The van der Waals surface area contributed by atoms with Gasteiger partial charge in [-0.2, -0.15) is 13.2 Å². The Morgan fingerprint density at radius 3 is 2.43 bits per heavy atom. The highest BCUT2D eigenvalue weighted by Gasteiger charge is 2.31. The number of hydrogen-bond acceptors (Lipinski definition) is 2. The molecular formula is C17H13F3O2S. The molecule has 2 aromatic carbocycles. The number of alkyl halides is 3. The van der Waals surface area contributed by atoms with Crippen LogP contribution in [0, 0.1) is 0 Å². The zero-order valence-corrected chi connectivity index (χ0v) is 12.7. The SMILES string of the molecule is O=C(O)c1cc(C(F)(F)F)ccc1SCC=Cc1ccccc1. The molecule has 120 valence electrons. The van der Waals surface area contributed by atoms with E-state index in [0.29, 0.717) is 16.7 Å². The molecule has 0 fully saturated rings. The van der Waals surface area contributed by atoms with Crippen molar-refractivity contribution in [3.05, 3.63) is 71.3 Å². The Morgan fingerprint density at radius 2 is 1.83 bits per heavy atom. The van der Waals surface area contributed by atoms with Crippen LogP contribution in [0.1, 0.15) is 21.5 Å². The topological polar surface area (TPSA) is 37.3 Å². The van der Waals surface area contributed by atoms with E-state index in [1.165, 1.54) is 17.8 Å². The minimum absolute atomic E-state index is 0.309. The lowest BCUT2D eigenvalue weighted by molar-refractivity contribution is -0.137. The fourth-order valence-corrected chi connectivity index (χ4v) is 2.72. The van der Waals surface area contributed by atoms with E-state index >= 15 is 0 Å². The van der Waals surface area contributed by atoms with E-state index in [-0.39, 0.29) is 5.56 Å². The fourth-order valence-electron chi connectivity index (χ4n) is 1.89. The summed E-state index contributed by atoms with van der Waals surface area (Å²) in [5.74, 6) is -0.911. The summed E-state index contributed by atoms with van der Waals surface area (Å²) >= 11 is 1.18. The molecule has 0 spiro atoms. The van der Waals surface area contributed by atoms with Crippen molar-refractivity contribution in [2.24, 2.45) is 0 Å². The maximum absolute atomic E-state index is 12.6. The molecular weight excluding hydrogens is 325 g/mol. The molecule has 0 saturated carbocycles. The molecule has 1 N–H and O–H groups in total. The molecule has 2 rings (SSSR count). The number of aromatic carboxylic acids is 1. The third kappa shape index (κ3) is 4.89. The van der Waals surface area contributed by atoms with Gasteiger partial charge in [0.1, 0.15) is 0 Å². The normalized spacial score (nSPS) is 11.8. The van der Waals surface area contributed by atoms with Crippen molar-refractivity contribution >= 4 is 23.8 Å². The van der Waals surface area contributed by atoms with Crippen LogP contribution in [-0.4, -0.2) is 16.8 Å². The van der Waals surface area contributed by atoms with Crippen LogP contribution in [-0.2, 0) is 6.18 Å². The van der Waals surface area contributed by atoms with Crippen LogP contribution < -0.4 is 0 Å². The number of carboxylic acid groups (broad SMARTS) is 1. The van der Waals surface area contributed by atoms with Crippen LogP contribution >= 0.6 is 11.8 Å². The highest BCUT2D eigenvalue weighted by Crippen LogP contribution is 2.33. The van der Waals surface area contributed by atoms with Gasteiger partial charge in [0, 0.05) is 10.6 Å². The maximum Gasteiger partial charge on any atom is 0.416 e. The van der Waals surface area contributed by atoms with Crippen molar-refractivity contribution in [3.63, 3.8) is 0 Å². The van der Waals surface area contributed by atoms with Crippen LogP contribution in [0.3, 0.4) is 0 Å². The zero-order chi connectivity index (χ0) is 16.9. The number of rotatable bonds is 5. The molecule has 0 heterocycles. The van der Waals surface area contributed by atoms with Gasteiger partial charge in [-0.05, 0) is 23.8 Å². The molecule has 2 aromatic rings. The second kappa shape index (κ2) is 7.37. The van der Waals surface area contributed by atoms with Crippen molar-refractivity contribution in [3.8, 4) is 0 Å². The molecule has 0 aliphatic heterocycles. The summed E-state index contributed by atoms with van der Waals surface area (Å²) in [6.45, 7) is 0. The predicted octanol–water partition coefficient (Wildman–Crippen LogP) is 5.21. The minimum Gasteiger partial charge on any atom is -0.478 e. The Hall–Kier alpha value is -2.21. The molecule has 6 heteroatoms. The number of halogens is 3. The molecule has 0 radical (unpaired) electrons. The Balaban J connectivity index is 2.10. The molecule has 0 aliphatic carbocycles.